The molecule has 5 nitrogen and oxygen atoms in total. The van der Waals surface area contributed by atoms with Crippen molar-refractivity contribution in [3.63, 3.8) is 0 Å². The zero-order valence-electron chi connectivity index (χ0n) is 3.75. The van der Waals surface area contributed by atoms with Crippen molar-refractivity contribution >= 4 is 8.17 Å². The van der Waals surface area contributed by atoms with Gasteiger partial charge in [-0.1, -0.05) is 0 Å². The molecule has 46 valence electrons. The first kappa shape index (κ1) is 7.23. The molecule has 0 aliphatic carbocycles. The van der Waals surface area contributed by atoms with E-state index in [0.717, 1.165) is 0 Å². The molecule has 0 rings (SSSR count). The summed E-state index contributed by atoms with van der Waals surface area (Å²) in [4.78, 5) is 23.9. The van der Waals surface area contributed by atoms with Crippen LogP contribution < -0.4 is 5.48 Å². The summed E-state index contributed by atoms with van der Waals surface area (Å²) in [5, 5.41) is 0. The van der Waals surface area contributed by atoms with Gasteiger partial charge in [0.1, 0.15) is 0 Å². The molecule has 0 aromatic carbocycles. The number of nitrogens with one attached hydrogen (secondary N) is 1. The number of rotatable bonds is 2. The quantitative estimate of drug-likeness (QED) is 0.270. The van der Waals surface area contributed by atoms with Gasteiger partial charge >= 0.3 is 40.0 Å². The molecule has 0 fully saturated rings. The fourth-order valence-electron chi connectivity index (χ4n) is 0.137. The van der Waals surface area contributed by atoms with Crippen molar-refractivity contribution in [1.82, 2.24) is 5.48 Å². The summed E-state index contributed by atoms with van der Waals surface area (Å²) in [5.74, 6) is 0. The van der Waals surface area contributed by atoms with E-state index < -0.39 is 8.17 Å². The van der Waals surface area contributed by atoms with E-state index in [-0.39, 0.29) is 0 Å². The van der Waals surface area contributed by atoms with E-state index in [1.54, 1.807) is 0 Å². The van der Waals surface area contributed by atoms with Crippen LogP contribution in [0.25, 0.3) is 0 Å². The van der Waals surface area contributed by atoms with E-state index in [0.29, 0.717) is 0 Å². The number of hydrogen-bond acceptors (Lipinski definition) is 5. The Morgan fingerprint density at radius 2 is 1.86 bits per heavy atom. The molecule has 0 aromatic rings. The van der Waals surface area contributed by atoms with E-state index in [2.05, 4.69) is 4.62 Å². The summed E-state index contributed by atoms with van der Waals surface area (Å²) in [5.41, 5.74) is 1.92. The molecular formula is CH8NO4P. The average Bonchev–Trinajstić information content (AvgIpc) is 1.30. The van der Waals surface area contributed by atoms with Crippen LogP contribution in [-0.4, -0.2) is 21.7 Å². The van der Waals surface area contributed by atoms with Crippen LogP contribution in [0.15, 0.2) is 0 Å². The molecule has 7 heavy (non-hydrogen) atoms. The molecule has 0 radical (unpaired) electrons. The number of hydroxylamine groups is 1. The molecule has 0 aliphatic heterocycles. The van der Waals surface area contributed by atoms with Gasteiger partial charge in [-0.2, -0.15) is 0 Å². The van der Waals surface area contributed by atoms with Crippen LogP contribution in [0.4, 0.5) is 0 Å². The Morgan fingerprint density at radius 3 is 1.86 bits per heavy atom. The van der Waals surface area contributed by atoms with Crippen molar-refractivity contribution in [2.45, 2.75) is 0 Å². The molecule has 0 aliphatic rings. The van der Waals surface area contributed by atoms with Crippen molar-refractivity contribution in [1.29, 1.82) is 0 Å². The van der Waals surface area contributed by atoms with Gasteiger partial charge in [0.15, 0.2) is 0 Å². The molecule has 0 aromatic heterocycles. The fourth-order valence-corrected chi connectivity index (χ4v) is 0.411. The standard InChI is InChI=1S/CH8NO4P/c1-2-6-7(3,4)5/h2-5,7H,1H3. The van der Waals surface area contributed by atoms with Crippen molar-refractivity contribution < 1.29 is 19.3 Å². The van der Waals surface area contributed by atoms with Crippen LogP contribution in [0.1, 0.15) is 0 Å². The second-order valence-electron chi connectivity index (χ2n) is 0.880. The Morgan fingerprint density at radius 1 is 1.43 bits per heavy atom. The van der Waals surface area contributed by atoms with Crippen LogP contribution in [0, 0.1) is 0 Å². The molecule has 0 unspecified atom stereocenters. The first-order valence-corrected chi connectivity index (χ1v) is 3.33. The maximum absolute atomic E-state index is 7.98. The average molecular weight is 129 g/mol. The third-order valence-electron chi connectivity index (χ3n) is 0.239. The van der Waals surface area contributed by atoms with Crippen molar-refractivity contribution in [3.05, 3.63) is 0 Å². The third-order valence-corrected chi connectivity index (χ3v) is 0.717. The maximum atomic E-state index is 7.98. The normalized spacial score (nSPS) is 14.3. The Kier molecular flexibility index (Phi) is 2.60. The van der Waals surface area contributed by atoms with Crippen LogP contribution in [0.2, 0.25) is 0 Å². The molecule has 0 atom stereocenters. The van der Waals surface area contributed by atoms with Gasteiger partial charge in [0.2, 0.25) is 0 Å². The Hall–Kier alpha value is 0.230. The van der Waals surface area contributed by atoms with Gasteiger partial charge in [0, 0.05) is 0 Å². The second-order valence-corrected chi connectivity index (χ2v) is 2.23. The van der Waals surface area contributed by atoms with Crippen LogP contribution in [0.3, 0.4) is 0 Å². The van der Waals surface area contributed by atoms with Gasteiger partial charge < -0.3 is 0 Å². The van der Waals surface area contributed by atoms with E-state index in [1.807, 2.05) is 5.48 Å². The molecule has 0 saturated heterocycles. The summed E-state index contributed by atoms with van der Waals surface area (Å²) in [6, 6.07) is 0. The Labute approximate surface area is 41.2 Å². The van der Waals surface area contributed by atoms with Gasteiger partial charge in [-0.15, -0.1) is 0 Å². The van der Waals surface area contributed by atoms with Crippen molar-refractivity contribution in [2.75, 3.05) is 7.05 Å². The van der Waals surface area contributed by atoms with E-state index in [1.165, 1.54) is 7.05 Å². The zero-order chi connectivity index (χ0) is 5.91. The minimum atomic E-state index is -4.27. The molecule has 4 N–H and O–H groups in total. The van der Waals surface area contributed by atoms with Crippen LogP contribution >= 0.6 is 8.17 Å². The summed E-state index contributed by atoms with van der Waals surface area (Å²) in [7, 11) is -2.96. The fraction of sp³-hybridized carbons (Fsp3) is 1.00. The molecule has 0 amide bonds. The zero-order valence-corrected chi connectivity index (χ0v) is 4.75. The summed E-state index contributed by atoms with van der Waals surface area (Å²) in [6.45, 7) is 0. The predicted molar refractivity (Wildman–Crippen MR) is 25.1 cm³/mol. The summed E-state index contributed by atoms with van der Waals surface area (Å²) >= 11 is 0. The van der Waals surface area contributed by atoms with Crippen LogP contribution in [0.5, 0.6) is 0 Å². The number of hydrogen-bond donors (Lipinski definition) is 4. The first-order valence-electron chi connectivity index (χ1n) is 1.58. The van der Waals surface area contributed by atoms with E-state index >= 15 is 0 Å². The van der Waals surface area contributed by atoms with Gasteiger partial charge in [-0.05, 0) is 0 Å². The molecule has 0 heterocycles. The third kappa shape index (κ3) is 6.23. The van der Waals surface area contributed by atoms with Crippen molar-refractivity contribution in [2.24, 2.45) is 0 Å². The summed E-state index contributed by atoms with van der Waals surface area (Å²) < 4.78 is 3.78. The predicted octanol–water partition coefficient (Wildman–Crippen LogP) is -1.48. The molecule has 0 spiro atoms. The van der Waals surface area contributed by atoms with Gasteiger partial charge in [0.05, 0.1) is 0 Å². The topological polar surface area (TPSA) is 82.0 Å². The SMILES string of the molecule is CNO[PH](O)(O)O. The minimum absolute atomic E-state index is 1.31. The van der Waals surface area contributed by atoms with Gasteiger partial charge in [0.25, 0.3) is 0 Å². The van der Waals surface area contributed by atoms with Crippen molar-refractivity contribution in [3.8, 4) is 0 Å². The Balaban J connectivity index is 3.15. The second kappa shape index (κ2) is 2.52. The Bertz CT molecular complexity index is 50.1. The first-order chi connectivity index (χ1) is 3.06. The van der Waals surface area contributed by atoms with Crippen LogP contribution in [-0.2, 0) is 4.62 Å². The molecule has 0 bridgehead atoms. The van der Waals surface area contributed by atoms with Gasteiger partial charge in [-0.25, -0.2) is 0 Å². The van der Waals surface area contributed by atoms with Gasteiger partial charge in [-0.3, -0.25) is 0 Å². The van der Waals surface area contributed by atoms with E-state index in [9.17, 15) is 0 Å². The molecule has 0 saturated carbocycles. The van der Waals surface area contributed by atoms with E-state index in [4.69, 9.17) is 14.7 Å². The monoisotopic (exact) mass is 129 g/mol. The molecular weight excluding hydrogens is 121 g/mol. The summed E-state index contributed by atoms with van der Waals surface area (Å²) in [6.07, 6.45) is 0. The molecule has 6 heteroatoms.